The molecule has 0 fully saturated rings. The first-order valence-corrected chi connectivity index (χ1v) is 8.62. The molecule has 1 atom stereocenters. The van der Waals surface area contributed by atoms with E-state index in [1.54, 1.807) is 18.2 Å². The number of amides is 1. The fourth-order valence-corrected chi connectivity index (χ4v) is 3.69. The van der Waals surface area contributed by atoms with Gasteiger partial charge in [0.25, 0.3) is 0 Å². The molecule has 0 bridgehead atoms. The van der Waals surface area contributed by atoms with Gasteiger partial charge in [-0.2, -0.15) is 13.2 Å². The average Bonchev–Trinajstić information content (AvgIpc) is 2.87. The maximum Gasteiger partial charge on any atom is 0.418 e. The highest BCUT2D eigenvalue weighted by Crippen LogP contribution is 2.50. The molecule has 2 N–H and O–H groups in total. The van der Waals surface area contributed by atoms with Crippen molar-refractivity contribution in [2.75, 3.05) is 5.32 Å². The summed E-state index contributed by atoms with van der Waals surface area (Å²) in [5.74, 6) is -0.411. The summed E-state index contributed by atoms with van der Waals surface area (Å²) in [4.78, 5) is 13.0. The Labute approximate surface area is 149 Å². The summed E-state index contributed by atoms with van der Waals surface area (Å²) >= 11 is 0. The number of unbranched alkanes of at least 4 members (excludes halogenated alkanes) is 2. The van der Waals surface area contributed by atoms with E-state index >= 15 is 0 Å². The lowest BCUT2D eigenvalue weighted by atomic mass is 9.71. The third-order valence-electron chi connectivity index (χ3n) is 4.97. The molecule has 0 spiro atoms. The minimum atomic E-state index is -4.55. The fourth-order valence-electron chi connectivity index (χ4n) is 3.69. The molecule has 0 saturated carbocycles. The van der Waals surface area contributed by atoms with Crippen molar-refractivity contribution in [2.45, 2.75) is 44.2 Å². The van der Waals surface area contributed by atoms with Gasteiger partial charge in [0.05, 0.1) is 11.3 Å². The minimum Gasteiger partial charge on any atom is -0.508 e. The summed E-state index contributed by atoms with van der Waals surface area (Å²) in [7, 11) is 0. The summed E-state index contributed by atoms with van der Waals surface area (Å²) in [5.41, 5.74) is -1.24. The summed E-state index contributed by atoms with van der Waals surface area (Å²) in [5, 5.41) is 12.0. The Morgan fingerprint density at radius 2 is 1.77 bits per heavy atom. The number of hydrogen-bond acceptors (Lipinski definition) is 2. The minimum absolute atomic E-state index is 0.0418. The topological polar surface area (TPSA) is 49.3 Å². The predicted molar refractivity (Wildman–Crippen MR) is 93.1 cm³/mol. The van der Waals surface area contributed by atoms with Crippen LogP contribution in [-0.2, 0) is 16.4 Å². The van der Waals surface area contributed by atoms with Crippen LogP contribution in [0.25, 0.3) is 0 Å². The van der Waals surface area contributed by atoms with Crippen molar-refractivity contribution in [3.05, 3.63) is 59.2 Å². The smallest absolute Gasteiger partial charge is 0.418 e. The van der Waals surface area contributed by atoms with E-state index in [1.807, 2.05) is 6.92 Å². The van der Waals surface area contributed by atoms with Crippen LogP contribution in [0.15, 0.2) is 42.5 Å². The molecule has 6 heteroatoms. The Morgan fingerprint density at radius 1 is 1.08 bits per heavy atom. The second-order valence-corrected chi connectivity index (χ2v) is 6.59. The number of carbonyl (C=O) groups excluding carboxylic acids is 1. The lowest BCUT2D eigenvalue weighted by Gasteiger charge is -2.28. The maximum atomic E-state index is 13.4. The van der Waals surface area contributed by atoms with Gasteiger partial charge in [0.1, 0.15) is 11.2 Å². The van der Waals surface area contributed by atoms with Crippen molar-refractivity contribution in [2.24, 2.45) is 0 Å². The first-order valence-electron chi connectivity index (χ1n) is 8.62. The Bertz CT molecular complexity index is 815. The van der Waals surface area contributed by atoms with Gasteiger partial charge in [-0.25, -0.2) is 0 Å². The molecule has 1 aliphatic rings. The van der Waals surface area contributed by atoms with Crippen LogP contribution >= 0.6 is 0 Å². The molecule has 1 unspecified atom stereocenters. The van der Waals surface area contributed by atoms with E-state index in [2.05, 4.69) is 5.32 Å². The van der Waals surface area contributed by atoms with Crippen molar-refractivity contribution in [1.82, 2.24) is 0 Å². The van der Waals surface area contributed by atoms with Gasteiger partial charge in [-0.3, -0.25) is 4.79 Å². The lowest BCUT2D eigenvalue weighted by molar-refractivity contribution is -0.136. The van der Waals surface area contributed by atoms with Crippen LogP contribution in [0.2, 0.25) is 0 Å². The van der Waals surface area contributed by atoms with Gasteiger partial charge >= 0.3 is 6.18 Å². The largest absolute Gasteiger partial charge is 0.508 e. The number of aromatic hydroxyl groups is 1. The van der Waals surface area contributed by atoms with E-state index in [0.717, 1.165) is 18.9 Å². The monoisotopic (exact) mass is 363 g/mol. The van der Waals surface area contributed by atoms with Crippen molar-refractivity contribution in [3.8, 4) is 5.75 Å². The molecule has 138 valence electrons. The van der Waals surface area contributed by atoms with Crippen LogP contribution in [0.3, 0.4) is 0 Å². The van der Waals surface area contributed by atoms with E-state index < -0.39 is 23.1 Å². The third kappa shape index (κ3) is 2.93. The number of hydrogen-bond donors (Lipinski definition) is 2. The molecular formula is C20H20F3NO2. The number of carbonyl (C=O) groups is 1. The van der Waals surface area contributed by atoms with Crippen LogP contribution in [0, 0.1) is 0 Å². The Morgan fingerprint density at radius 3 is 2.38 bits per heavy atom. The van der Waals surface area contributed by atoms with Crippen molar-refractivity contribution in [3.63, 3.8) is 0 Å². The number of benzene rings is 2. The average molecular weight is 363 g/mol. The van der Waals surface area contributed by atoms with Crippen LogP contribution < -0.4 is 5.32 Å². The van der Waals surface area contributed by atoms with Gasteiger partial charge in [-0.1, -0.05) is 50.5 Å². The molecule has 0 aliphatic carbocycles. The van der Waals surface area contributed by atoms with Crippen molar-refractivity contribution in [1.29, 1.82) is 0 Å². The summed E-state index contributed by atoms with van der Waals surface area (Å²) < 4.78 is 40.2. The Hall–Kier alpha value is -2.50. The second-order valence-electron chi connectivity index (χ2n) is 6.59. The highest BCUT2D eigenvalue weighted by atomic mass is 19.4. The predicted octanol–water partition coefficient (Wildman–Crippen LogP) is 5.23. The Kier molecular flexibility index (Phi) is 4.69. The van der Waals surface area contributed by atoms with Gasteiger partial charge in [0, 0.05) is 0 Å². The van der Waals surface area contributed by atoms with Gasteiger partial charge < -0.3 is 10.4 Å². The van der Waals surface area contributed by atoms with Crippen LogP contribution in [0.4, 0.5) is 18.9 Å². The molecule has 1 aliphatic heterocycles. The summed E-state index contributed by atoms with van der Waals surface area (Å²) in [6.07, 6.45) is -1.62. The first kappa shape index (κ1) is 18.3. The van der Waals surface area contributed by atoms with Crippen LogP contribution in [0.1, 0.15) is 49.3 Å². The maximum absolute atomic E-state index is 13.4. The number of phenolic OH excluding ortho intramolecular Hbond substituents is 1. The molecule has 0 radical (unpaired) electrons. The third-order valence-corrected chi connectivity index (χ3v) is 4.97. The lowest BCUT2D eigenvalue weighted by Crippen LogP contribution is -2.35. The van der Waals surface area contributed by atoms with E-state index in [4.69, 9.17) is 0 Å². The molecule has 1 heterocycles. The zero-order valence-electron chi connectivity index (χ0n) is 14.4. The molecular weight excluding hydrogens is 343 g/mol. The molecule has 0 aromatic heterocycles. The number of halogens is 3. The first-order chi connectivity index (χ1) is 12.3. The highest BCUT2D eigenvalue weighted by Gasteiger charge is 2.50. The van der Waals surface area contributed by atoms with Gasteiger partial charge in [0.2, 0.25) is 5.91 Å². The standard InChI is InChI=1S/C20H20F3NO2/c1-2-3-4-12-19(13-8-10-14(25)11-9-13)15-6-5-7-16(20(21,22)23)17(15)24-18(19)26/h5-11,25H,2-4,12H2,1H3,(H,24,26). The van der Waals surface area contributed by atoms with Gasteiger partial charge in [0.15, 0.2) is 0 Å². The molecule has 2 aromatic rings. The zero-order valence-corrected chi connectivity index (χ0v) is 14.4. The number of rotatable bonds is 5. The van der Waals surface area contributed by atoms with E-state index in [-0.39, 0.29) is 11.4 Å². The zero-order chi connectivity index (χ0) is 18.9. The summed E-state index contributed by atoms with van der Waals surface area (Å²) in [6, 6.07) is 10.0. The second kappa shape index (κ2) is 6.67. The molecule has 26 heavy (non-hydrogen) atoms. The number of nitrogens with one attached hydrogen (secondary N) is 1. The fraction of sp³-hybridized carbons (Fsp3) is 0.350. The SMILES string of the molecule is CCCCCC1(c2ccc(O)cc2)C(=O)Nc2c(C(F)(F)F)cccc21. The molecule has 1 amide bonds. The van der Waals surface area contributed by atoms with E-state index in [0.29, 0.717) is 24.0 Å². The van der Waals surface area contributed by atoms with Crippen LogP contribution in [-0.4, -0.2) is 11.0 Å². The Balaban J connectivity index is 2.20. The normalized spacial score (nSPS) is 19.3. The molecule has 2 aromatic carbocycles. The number of alkyl halides is 3. The van der Waals surface area contributed by atoms with Crippen molar-refractivity contribution >= 4 is 11.6 Å². The number of anilines is 1. The number of phenols is 1. The van der Waals surface area contributed by atoms with Gasteiger partial charge in [-0.15, -0.1) is 0 Å². The molecule has 3 nitrogen and oxygen atoms in total. The molecule has 3 rings (SSSR count). The van der Waals surface area contributed by atoms with E-state index in [9.17, 15) is 23.1 Å². The van der Waals surface area contributed by atoms with Crippen LogP contribution in [0.5, 0.6) is 5.75 Å². The van der Waals surface area contributed by atoms with Gasteiger partial charge in [-0.05, 0) is 35.7 Å². The number of fused-ring (bicyclic) bond motifs is 1. The van der Waals surface area contributed by atoms with Crippen molar-refractivity contribution < 1.29 is 23.1 Å². The van der Waals surface area contributed by atoms with E-state index in [1.165, 1.54) is 18.2 Å². The quantitative estimate of drug-likeness (QED) is 0.715. The number of para-hydroxylation sites is 1. The summed E-state index contributed by atoms with van der Waals surface area (Å²) in [6.45, 7) is 2.03. The highest BCUT2D eigenvalue weighted by molar-refractivity contribution is 6.09. The molecule has 0 saturated heterocycles.